The third-order valence-corrected chi connectivity index (χ3v) is 4.05. The van der Waals surface area contributed by atoms with E-state index in [1.165, 1.54) is 6.07 Å². The van der Waals surface area contributed by atoms with Crippen LogP contribution in [0.3, 0.4) is 0 Å². The molecule has 0 radical (unpaired) electrons. The van der Waals surface area contributed by atoms with Crippen molar-refractivity contribution >= 4 is 23.7 Å². The molecule has 0 N–H and O–H groups in total. The van der Waals surface area contributed by atoms with Crippen molar-refractivity contribution in [3.63, 3.8) is 0 Å². The number of rotatable bonds is 5. The number of piperidine rings is 1. The normalized spacial score (nSPS) is 15.2. The zero-order valence-electron chi connectivity index (χ0n) is 13.2. The van der Waals surface area contributed by atoms with Crippen LogP contribution in [0, 0.1) is 0 Å². The molecule has 2 aromatic rings. The van der Waals surface area contributed by atoms with Crippen molar-refractivity contribution < 1.29 is 14.3 Å². The number of aromatic nitrogens is 3. The van der Waals surface area contributed by atoms with E-state index in [1.807, 2.05) is 11.0 Å². The average Bonchev–Trinajstić information content (AvgIpc) is 2.63. The van der Waals surface area contributed by atoms with Crippen LogP contribution in [0.25, 0.3) is 0 Å². The Morgan fingerprint density at radius 1 is 1.29 bits per heavy atom. The smallest absolute Gasteiger partial charge is 0.213 e. The highest BCUT2D eigenvalue weighted by atomic mass is 35.5. The molecule has 24 heavy (non-hydrogen) atoms. The number of aldehydes is 1. The fourth-order valence-corrected chi connectivity index (χ4v) is 2.80. The molecule has 0 aromatic carbocycles. The number of methoxy groups -OCH3 is 1. The van der Waals surface area contributed by atoms with Crippen LogP contribution in [0.1, 0.15) is 23.2 Å². The zero-order chi connectivity index (χ0) is 16.9. The Morgan fingerprint density at radius 3 is 2.71 bits per heavy atom. The minimum atomic E-state index is 0.0939. The summed E-state index contributed by atoms with van der Waals surface area (Å²) in [4.78, 5) is 17.3. The van der Waals surface area contributed by atoms with Crippen LogP contribution in [0.4, 0.5) is 5.82 Å². The molecular formula is C16H17ClN4O3. The van der Waals surface area contributed by atoms with Crippen molar-refractivity contribution in [3.05, 3.63) is 35.1 Å². The van der Waals surface area contributed by atoms with Crippen molar-refractivity contribution in [3.8, 4) is 11.6 Å². The summed E-state index contributed by atoms with van der Waals surface area (Å²) in [5, 5.41) is 8.09. The Morgan fingerprint density at radius 2 is 2.08 bits per heavy atom. The van der Waals surface area contributed by atoms with Crippen LogP contribution in [-0.4, -0.2) is 47.8 Å². The lowest BCUT2D eigenvalue weighted by Gasteiger charge is -2.33. The van der Waals surface area contributed by atoms with Crippen LogP contribution in [0.5, 0.6) is 11.6 Å². The second-order valence-corrected chi connectivity index (χ2v) is 5.79. The molecule has 0 spiro atoms. The third kappa shape index (κ3) is 3.73. The average molecular weight is 349 g/mol. The summed E-state index contributed by atoms with van der Waals surface area (Å²) in [6.07, 6.45) is 4.13. The van der Waals surface area contributed by atoms with Gasteiger partial charge in [-0.2, -0.15) is 0 Å². The van der Waals surface area contributed by atoms with E-state index in [-0.39, 0.29) is 11.3 Å². The summed E-state index contributed by atoms with van der Waals surface area (Å²) in [7, 11) is 1.58. The van der Waals surface area contributed by atoms with E-state index >= 15 is 0 Å². The molecule has 1 saturated heterocycles. The first-order valence-corrected chi connectivity index (χ1v) is 7.97. The molecule has 8 heteroatoms. The van der Waals surface area contributed by atoms with Crippen molar-refractivity contribution in [2.24, 2.45) is 0 Å². The summed E-state index contributed by atoms with van der Waals surface area (Å²) >= 11 is 5.78. The van der Waals surface area contributed by atoms with E-state index in [0.29, 0.717) is 23.0 Å². The Labute approximate surface area is 144 Å². The summed E-state index contributed by atoms with van der Waals surface area (Å²) in [6.45, 7) is 1.46. The summed E-state index contributed by atoms with van der Waals surface area (Å²) in [5.74, 6) is 1.84. The third-order valence-electron chi connectivity index (χ3n) is 3.86. The van der Waals surface area contributed by atoms with Gasteiger partial charge in [-0.05, 0) is 12.1 Å². The lowest BCUT2D eigenvalue weighted by Crippen LogP contribution is -2.39. The Balaban J connectivity index is 1.60. The first kappa shape index (κ1) is 16.4. The van der Waals surface area contributed by atoms with E-state index in [1.54, 1.807) is 19.4 Å². The fraction of sp³-hybridized carbons (Fsp3) is 0.375. The summed E-state index contributed by atoms with van der Waals surface area (Å²) in [5.41, 5.74) is 0.453. The predicted molar refractivity (Wildman–Crippen MR) is 89.1 cm³/mol. The van der Waals surface area contributed by atoms with E-state index in [4.69, 9.17) is 21.1 Å². The molecule has 0 bridgehead atoms. The van der Waals surface area contributed by atoms with Gasteiger partial charge in [0.05, 0.1) is 18.9 Å². The van der Waals surface area contributed by atoms with E-state index in [9.17, 15) is 4.79 Å². The van der Waals surface area contributed by atoms with E-state index < -0.39 is 0 Å². The highest BCUT2D eigenvalue weighted by molar-refractivity contribution is 6.29. The molecule has 0 saturated carbocycles. The molecule has 126 valence electrons. The van der Waals surface area contributed by atoms with Gasteiger partial charge in [0.1, 0.15) is 11.9 Å². The molecule has 0 atom stereocenters. The van der Waals surface area contributed by atoms with Gasteiger partial charge in [-0.1, -0.05) is 11.6 Å². The number of nitrogens with zero attached hydrogens (tertiary/aromatic N) is 4. The van der Waals surface area contributed by atoms with Crippen molar-refractivity contribution in [1.82, 2.24) is 15.2 Å². The number of carbonyl (C=O) groups is 1. The van der Waals surface area contributed by atoms with Crippen LogP contribution < -0.4 is 14.4 Å². The second-order valence-electron chi connectivity index (χ2n) is 5.40. The summed E-state index contributed by atoms with van der Waals surface area (Å²) in [6, 6.07) is 5.14. The zero-order valence-corrected chi connectivity index (χ0v) is 13.9. The molecule has 3 heterocycles. The number of halogens is 1. The largest absolute Gasteiger partial charge is 0.489 e. The van der Waals surface area contributed by atoms with Gasteiger partial charge in [0.2, 0.25) is 5.88 Å². The highest BCUT2D eigenvalue weighted by Gasteiger charge is 2.23. The van der Waals surface area contributed by atoms with E-state index in [0.717, 1.165) is 32.2 Å². The lowest BCUT2D eigenvalue weighted by molar-refractivity contribution is 0.112. The van der Waals surface area contributed by atoms with Gasteiger partial charge < -0.3 is 14.4 Å². The second kappa shape index (κ2) is 7.44. The summed E-state index contributed by atoms with van der Waals surface area (Å²) < 4.78 is 11.0. The van der Waals surface area contributed by atoms with Crippen molar-refractivity contribution in [2.45, 2.75) is 18.9 Å². The topological polar surface area (TPSA) is 77.4 Å². The molecule has 0 amide bonds. The van der Waals surface area contributed by atoms with Crippen LogP contribution in [0.15, 0.2) is 24.4 Å². The maximum Gasteiger partial charge on any atom is 0.213 e. The molecular weight excluding hydrogens is 332 g/mol. The number of carbonyl (C=O) groups excluding carboxylic acids is 1. The van der Waals surface area contributed by atoms with Gasteiger partial charge in [0.15, 0.2) is 17.3 Å². The minimum Gasteiger partial charge on any atom is -0.489 e. The Hall–Kier alpha value is -2.41. The molecule has 0 unspecified atom stereocenters. The van der Waals surface area contributed by atoms with Gasteiger partial charge in [0, 0.05) is 32.0 Å². The standard InChI is InChI=1S/C16H17ClN4O3/c1-23-15-3-2-13(9-18-15)24-12-4-6-21(7-5-12)16-11(10-22)8-14(17)19-20-16/h2-3,8-10,12H,4-7H2,1H3. The molecule has 1 aliphatic heterocycles. The van der Waals surface area contributed by atoms with Gasteiger partial charge in [-0.25, -0.2) is 4.98 Å². The molecule has 7 nitrogen and oxygen atoms in total. The minimum absolute atomic E-state index is 0.0939. The number of hydrogen-bond acceptors (Lipinski definition) is 7. The predicted octanol–water partition coefficient (Wildman–Crippen LogP) is 2.39. The molecule has 1 fully saturated rings. The molecule has 3 rings (SSSR count). The van der Waals surface area contributed by atoms with Crippen LogP contribution in [-0.2, 0) is 0 Å². The fourth-order valence-electron chi connectivity index (χ4n) is 2.64. The van der Waals surface area contributed by atoms with Gasteiger partial charge in [0.25, 0.3) is 0 Å². The van der Waals surface area contributed by atoms with Crippen LogP contribution in [0.2, 0.25) is 5.15 Å². The van der Waals surface area contributed by atoms with Crippen LogP contribution >= 0.6 is 11.6 Å². The number of hydrogen-bond donors (Lipinski definition) is 0. The molecule has 1 aliphatic rings. The monoisotopic (exact) mass is 348 g/mol. The quantitative estimate of drug-likeness (QED) is 0.768. The number of ether oxygens (including phenoxy) is 2. The van der Waals surface area contributed by atoms with E-state index in [2.05, 4.69) is 15.2 Å². The van der Waals surface area contributed by atoms with Gasteiger partial charge in [-0.15, -0.1) is 10.2 Å². The first-order valence-electron chi connectivity index (χ1n) is 7.59. The number of anilines is 1. The maximum absolute atomic E-state index is 11.2. The van der Waals surface area contributed by atoms with Crippen molar-refractivity contribution in [2.75, 3.05) is 25.1 Å². The first-order chi connectivity index (χ1) is 11.7. The Bertz CT molecular complexity index is 703. The number of pyridine rings is 1. The highest BCUT2D eigenvalue weighted by Crippen LogP contribution is 2.24. The van der Waals surface area contributed by atoms with Crippen molar-refractivity contribution in [1.29, 1.82) is 0 Å². The SMILES string of the molecule is COc1ccc(OC2CCN(c3nnc(Cl)cc3C=O)CC2)cn1. The van der Waals surface area contributed by atoms with Gasteiger partial charge in [-0.3, -0.25) is 4.79 Å². The maximum atomic E-state index is 11.2. The molecule has 2 aromatic heterocycles. The molecule has 0 aliphatic carbocycles. The lowest BCUT2D eigenvalue weighted by atomic mass is 10.1. The van der Waals surface area contributed by atoms with Gasteiger partial charge >= 0.3 is 0 Å². The Kier molecular flexibility index (Phi) is 5.10.